The normalized spacial score (nSPS) is 14.4. The molecule has 2 heterocycles. The molecule has 1 aromatic carbocycles. The zero-order valence-corrected chi connectivity index (χ0v) is 16.0. The number of fused-ring (bicyclic) bond motifs is 1. The number of hydrogen-bond acceptors (Lipinski definition) is 5. The number of ether oxygens (including phenoxy) is 1. The Morgan fingerprint density at radius 2 is 1.85 bits per heavy atom. The Labute approximate surface area is 157 Å². The van der Waals surface area contributed by atoms with Crippen molar-refractivity contribution in [1.82, 2.24) is 9.55 Å². The third kappa shape index (κ3) is 3.47. The highest BCUT2D eigenvalue weighted by atomic mass is 32.2. The van der Waals surface area contributed by atoms with E-state index in [0.29, 0.717) is 34.9 Å². The van der Waals surface area contributed by atoms with Crippen molar-refractivity contribution in [3.8, 4) is 17.0 Å². The summed E-state index contributed by atoms with van der Waals surface area (Å²) in [5, 5.41) is 1.25. The van der Waals surface area contributed by atoms with Gasteiger partial charge in [0.1, 0.15) is 11.4 Å². The first kappa shape index (κ1) is 17.7. The summed E-state index contributed by atoms with van der Waals surface area (Å²) in [6.45, 7) is 0.580. The van der Waals surface area contributed by atoms with Gasteiger partial charge >= 0.3 is 0 Å². The average Bonchev–Trinajstić information content (AvgIpc) is 3.47. The molecule has 0 saturated heterocycles. The van der Waals surface area contributed by atoms with E-state index in [1.807, 2.05) is 12.1 Å². The highest BCUT2D eigenvalue weighted by molar-refractivity contribution is 7.90. The van der Waals surface area contributed by atoms with Gasteiger partial charge in [0.15, 0.2) is 14.9 Å². The molecule has 1 aliphatic rings. The third-order valence-corrected chi connectivity index (χ3v) is 5.72. The van der Waals surface area contributed by atoms with Crippen molar-refractivity contribution in [3.05, 3.63) is 52.9 Å². The highest BCUT2D eigenvalue weighted by Gasteiger charge is 2.24. The highest BCUT2D eigenvalue weighted by Crippen LogP contribution is 2.35. The van der Waals surface area contributed by atoms with Crippen molar-refractivity contribution >= 4 is 20.6 Å². The number of aryl methyl sites for hydroxylation is 1. The first-order valence-electron chi connectivity index (χ1n) is 8.77. The number of aromatic nitrogens is 2. The van der Waals surface area contributed by atoms with Crippen LogP contribution in [0.15, 0.2) is 52.4 Å². The Bertz CT molecular complexity index is 1190. The molecule has 1 fully saturated rings. The second kappa shape index (κ2) is 6.49. The molecule has 27 heavy (non-hydrogen) atoms. The standard InChI is InChI=1S/C20H20N2O4S/c1-22-11-16(14-5-3-4-6-15(14)20(22)23)19-17(26-12-13-7-8-13)9-10-18(21-19)27(2,24)25/h3-6,9-11,13H,7-8,12H2,1-2H3. The van der Waals surface area contributed by atoms with E-state index in [4.69, 9.17) is 4.74 Å². The van der Waals surface area contributed by atoms with Gasteiger partial charge in [0, 0.05) is 30.4 Å². The van der Waals surface area contributed by atoms with Crippen LogP contribution in [0.1, 0.15) is 12.8 Å². The van der Waals surface area contributed by atoms with E-state index in [2.05, 4.69) is 4.98 Å². The number of rotatable bonds is 5. The van der Waals surface area contributed by atoms with Crippen LogP contribution in [0.3, 0.4) is 0 Å². The average molecular weight is 384 g/mol. The van der Waals surface area contributed by atoms with Gasteiger partial charge in [-0.15, -0.1) is 0 Å². The summed E-state index contributed by atoms with van der Waals surface area (Å²) in [7, 11) is -1.81. The summed E-state index contributed by atoms with van der Waals surface area (Å²) in [6, 6.07) is 10.4. The maximum absolute atomic E-state index is 12.5. The van der Waals surface area contributed by atoms with Crippen LogP contribution in [0.4, 0.5) is 0 Å². The van der Waals surface area contributed by atoms with Gasteiger partial charge in [-0.3, -0.25) is 4.79 Å². The fourth-order valence-corrected chi connectivity index (χ4v) is 3.61. The van der Waals surface area contributed by atoms with Gasteiger partial charge in [0.2, 0.25) is 0 Å². The van der Waals surface area contributed by atoms with Crippen molar-refractivity contribution in [2.45, 2.75) is 17.9 Å². The lowest BCUT2D eigenvalue weighted by molar-refractivity contribution is 0.299. The molecular formula is C20H20N2O4S. The molecule has 0 radical (unpaired) electrons. The molecule has 6 nitrogen and oxygen atoms in total. The van der Waals surface area contributed by atoms with Gasteiger partial charge in [-0.05, 0) is 42.3 Å². The molecule has 4 rings (SSSR count). The van der Waals surface area contributed by atoms with Crippen LogP contribution in [-0.4, -0.2) is 30.8 Å². The Hall–Kier alpha value is -2.67. The van der Waals surface area contributed by atoms with Crippen LogP contribution in [0, 0.1) is 5.92 Å². The second-order valence-electron chi connectivity index (χ2n) is 7.03. The zero-order chi connectivity index (χ0) is 19.2. The number of benzene rings is 1. The van der Waals surface area contributed by atoms with Gasteiger partial charge in [-0.25, -0.2) is 13.4 Å². The topological polar surface area (TPSA) is 78.3 Å². The predicted molar refractivity (Wildman–Crippen MR) is 104 cm³/mol. The minimum Gasteiger partial charge on any atom is -0.491 e. The van der Waals surface area contributed by atoms with Gasteiger partial charge in [-0.2, -0.15) is 0 Å². The lowest BCUT2D eigenvalue weighted by atomic mass is 10.0. The summed E-state index contributed by atoms with van der Waals surface area (Å²) >= 11 is 0. The smallest absolute Gasteiger partial charge is 0.258 e. The van der Waals surface area contributed by atoms with Gasteiger partial charge in [0.05, 0.1) is 6.61 Å². The summed E-state index contributed by atoms with van der Waals surface area (Å²) < 4.78 is 31.5. The van der Waals surface area contributed by atoms with Crippen molar-refractivity contribution in [2.75, 3.05) is 12.9 Å². The first-order chi connectivity index (χ1) is 12.8. The van der Waals surface area contributed by atoms with E-state index in [-0.39, 0.29) is 10.6 Å². The van der Waals surface area contributed by atoms with Crippen molar-refractivity contribution in [1.29, 1.82) is 0 Å². The Balaban J connectivity index is 1.97. The van der Waals surface area contributed by atoms with Crippen LogP contribution in [-0.2, 0) is 16.9 Å². The fourth-order valence-electron chi connectivity index (χ4n) is 3.04. The summed E-state index contributed by atoms with van der Waals surface area (Å²) in [5.41, 5.74) is 0.989. The SMILES string of the molecule is Cn1cc(-c2nc(S(C)(=O)=O)ccc2OCC2CC2)c2ccccc2c1=O. The monoisotopic (exact) mass is 384 g/mol. The molecule has 3 aromatic rings. The quantitative estimate of drug-likeness (QED) is 0.676. The number of pyridine rings is 2. The van der Waals surface area contributed by atoms with Crippen LogP contribution in [0.5, 0.6) is 5.75 Å². The summed E-state index contributed by atoms with van der Waals surface area (Å²) in [4.78, 5) is 16.9. The van der Waals surface area contributed by atoms with Crippen LogP contribution < -0.4 is 10.3 Å². The van der Waals surface area contributed by atoms with Gasteiger partial charge < -0.3 is 9.30 Å². The molecule has 1 aliphatic carbocycles. The number of sulfone groups is 1. The minimum atomic E-state index is -3.48. The molecule has 140 valence electrons. The molecule has 0 aliphatic heterocycles. The van der Waals surface area contributed by atoms with Gasteiger partial charge in [0.25, 0.3) is 5.56 Å². The molecule has 2 aromatic heterocycles. The van der Waals surface area contributed by atoms with E-state index in [1.165, 1.54) is 10.6 Å². The van der Waals surface area contributed by atoms with E-state index in [1.54, 1.807) is 31.4 Å². The molecule has 0 N–H and O–H groups in total. The zero-order valence-electron chi connectivity index (χ0n) is 15.2. The van der Waals surface area contributed by atoms with Crippen molar-refractivity contribution in [3.63, 3.8) is 0 Å². The fraction of sp³-hybridized carbons (Fsp3) is 0.300. The molecule has 0 unspecified atom stereocenters. The molecule has 0 amide bonds. The van der Waals surface area contributed by atoms with E-state index in [9.17, 15) is 13.2 Å². The van der Waals surface area contributed by atoms with E-state index < -0.39 is 9.84 Å². The van der Waals surface area contributed by atoms with Crippen LogP contribution in [0.2, 0.25) is 0 Å². The summed E-state index contributed by atoms with van der Waals surface area (Å²) in [5.74, 6) is 1.07. The lowest BCUT2D eigenvalue weighted by Crippen LogP contribution is -2.17. The Morgan fingerprint density at radius 3 is 2.52 bits per heavy atom. The predicted octanol–water partition coefficient (Wildman–Crippen LogP) is 2.79. The minimum absolute atomic E-state index is 0.0193. The molecule has 0 spiro atoms. The number of nitrogens with zero attached hydrogens (tertiary/aromatic N) is 2. The molecule has 7 heteroatoms. The third-order valence-electron chi connectivity index (χ3n) is 4.73. The van der Waals surface area contributed by atoms with E-state index >= 15 is 0 Å². The maximum Gasteiger partial charge on any atom is 0.258 e. The second-order valence-corrected chi connectivity index (χ2v) is 8.99. The maximum atomic E-state index is 12.5. The molecule has 0 atom stereocenters. The molecule has 0 bridgehead atoms. The molecule has 1 saturated carbocycles. The van der Waals surface area contributed by atoms with Crippen LogP contribution >= 0.6 is 0 Å². The Kier molecular flexibility index (Phi) is 4.26. The largest absolute Gasteiger partial charge is 0.491 e. The lowest BCUT2D eigenvalue weighted by Gasteiger charge is -2.14. The van der Waals surface area contributed by atoms with Crippen LogP contribution in [0.25, 0.3) is 22.0 Å². The van der Waals surface area contributed by atoms with E-state index in [0.717, 1.165) is 24.5 Å². The first-order valence-corrected chi connectivity index (χ1v) is 10.7. The number of hydrogen-bond donors (Lipinski definition) is 0. The van der Waals surface area contributed by atoms with Gasteiger partial charge in [-0.1, -0.05) is 18.2 Å². The Morgan fingerprint density at radius 1 is 1.15 bits per heavy atom. The summed E-state index contributed by atoms with van der Waals surface area (Å²) in [6.07, 6.45) is 5.10. The van der Waals surface area contributed by atoms with Crippen molar-refractivity contribution in [2.24, 2.45) is 13.0 Å². The molecular weight excluding hydrogens is 364 g/mol. The van der Waals surface area contributed by atoms with Crippen molar-refractivity contribution < 1.29 is 13.2 Å².